The number of carbonyl (C=O) groups excluding carboxylic acids is 1. The van der Waals surface area contributed by atoms with E-state index < -0.39 is 0 Å². The molecule has 88 valence electrons. The van der Waals surface area contributed by atoms with Crippen LogP contribution in [0.1, 0.15) is 33.6 Å². The van der Waals surface area contributed by atoms with Gasteiger partial charge in [-0.05, 0) is 33.6 Å². The summed E-state index contributed by atoms with van der Waals surface area (Å²) < 4.78 is 10.6. The van der Waals surface area contributed by atoms with Gasteiger partial charge in [-0.2, -0.15) is 0 Å². The topological polar surface area (TPSA) is 38.8 Å². The molecule has 0 N–H and O–H groups in total. The Bertz CT molecular complexity index is 200. The van der Waals surface area contributed by atoms with Crippen LogP contribution in [0.4, 0.5) is 4.79 Å². The predicted octanol–water partition coefficient (Wildman–Crippen LogP) is 2.03. The fourth-order valence-corrected chi connectivity index (χ4v) is 1.64. The molecule has 4 heteroatoms. The average Bonchev–Trinajstić information content (AvgIpc) is 2.65. The first-order valence-corrected chi connectivity index (χ1v) is 5.70. The molecular weight excluding hydrogens is 194 g/mol. The van der Waals surface area contributed by atoms with E-state index in [0.29, 0.717) is 13.1 Å². The lowest BCUT2D eigenvalue weighted by Crippen LogP contribution is -2.38. The van der Waals surface area contributed by atoms with E-state index in [1.807, 2.05) is 20.8 Å². The summed E-state index contributed by atoms with van der Waals surface area (Å²) in [7, 11) is 0. The van der Waals surface area contributed by atoms with Gasteiger partial charge < -0.3 is 14.4 Å². The number of likely N-dealkylation sites (N-methyl/N-ethyl adjacent to an activating group) is 1. The summed E-state index contributed by atoms with van der Waals surface area (Å²) in [6.45, 7) is 7.82. The lowest BCUT2D eigenvalue weighted by atomic mass is 10.2. The maximum absolute atomic E-state index is 11.6. The lowest BCUT2D eigenvalue weighted by Gasteiger charge is -2.24. The van der Waals surface area contributed by atoms with E-state index in [4.69, 9.17) is 9.47 Å². The van der Waals surface area contributed by atoms with Crippen LogP contribution < -0.4 is 0 Å². The normalized spacial score (nSPS) is 20.7. The van der Waals surface area contributed by atoms with Crippen LogP contribution in [-0.2, 0) is 9.47 Å². The summed E-state index contributed by atoms with van der Waals surface area (Å²) >= 11 is 0. The Balaban J connectivity index is 2.36. The first-order valence-electron chi connectivity index (χ1n) is 5.70. The smallest absolute Gasteiger partial charge is 0.410 e. The molecule has 1 aliphatic heterocycles. The SMILES string of the molecule is CCN(CC1CCCO1)C(=O)OC(C)C. The van der Waals surface area contributed by atoms with E-state index in [1.54, 1.807) is 4.90 Å². The summed E-state index contributed by atoms with van der Waals surface area (Å²) in [5.74, 6) is 0. The van der Waals surface area contributed by atoms with Gasteiger partial charge >= 0.3 is 6.09 Å². The molecule has 1 fully saturated rings. The largest absolute Gasteiger partial charge is 0.447 e. The van der Waals surface area contributed by atoms with Gasteiger partial charge in [-0.1, -0.05) is 0 Å². The van der Waals surface area contributed by atoms with E-state index in [9.17, 15) is 4.79 Å². The number of rotatable bonds is 4. The standard InChI is InChI=1S/C11H21NO3/c1-4-12(11(13)15-9(2)3)8-10-6-5-7-14-10/h9-10H,4-8H2,1-3H3. The van der Waals surface area contributed by atoms with Crippen LogP contribution in [0.15, 0.2) is 0 Å². The number of carbonyl (C=O) groups is 1. The zero-order chi connectivity index (χ0) is 11.3. The van der Waals surface area contributed by atoms with Gasteiger partial charge in [-0.25, -0.2) is 4.79 Å². The molecule has 1 rings (SSSR count). The molecule has 1 heterocycles. The Hall–Kier alpha value is -0.770. The number of hydrogen-bond donors (Lipinski definition) is 0. The molecule has 0 aromatic heterocycles. The zero-order valence-corrected chi connectivity index (χ0v) is 9.86. The van der Waals surface area contributed by atoms with Crippen molar-refractivity contribution in [2.45, 2.75) is 45.8 Å². The third kappa shape index (κ3) is 4.08. The molecule has 0 bridgehead atoms. The summed E-state index contributed by atoms with van der Waals surface area (Å²) in [5.41, 5.74) is 0. The Morgan fingerprint density at radius 2 is 2.33 bits per heavy atom. The van der Waals surface area contributed by atoms with Gasteiger partial charge in [0.1, 0.15) is 0 Å². The molecule has 4 nitrogen and oxygen atoms in total. The lowest BCUT2D eigenvalue weighted by molar-refractivity contribution is 0.0460. The van der Waals surface area contributed by atoms with Crippen LogP contribution in [0.5, 0.6) is 0 Å². The van der Waals surface area contributed by atoms with Gasteiger partial charge in [0.2, 0.25) is 0 Å². The molecule has 0 spiro atoms. The molecular formula is C11H21NO3. The maximum atomic E-state index is 11.6. The van der Waals surface area contributed by atoms with E-state index in [1.165, 1.54) is 0 Å². The highest BCUT2D eigenvalue weighted by Crippen LogP contribution is 2.13. The van der Waals surface area contributed by atoms with Crippen LogP contribution in [0.25, 0.3) is 0 Å². The van der Waals surface area contributed by atoms with Crippen LogP contribution in [0.3, 0.4) is 0 Å². The molecule has 1 atom stereocenters. The number of hydrogen-bond acceptors (Lipinski definition) is 3. The fraction of sp³-hybridized carbons (Fsp3) is 0.909. The van der Waals surface area contributed by atoms with Crippen molar-refractivity contribution in [3.8, 4) is 0 Å². The van der Waals surface area contributed by atoms with Gasteiger partial charge in [0.15, 0.2) is 0 Å². The number of ether oxygens (including phenoxy) is 2. The van der Waals surface area contributed by atoms with Crippen molar-refractivity contribution in [1.82, 2.24) is 4.90 Å². The summed E-state index contributed by atoms with van der Waals surface area (Å²) in [6.07, 6.45) is 2.05. The van der Waals surface area contributed by atoms with Crippen molar-refractivity contribution in [1.29, 1.82) is 0 Å². The highest BCUT2D eigenvalue weighted by atomic mass is 16.6. The van der Waals surface area contributed by atoms with Crippen LogP contribution in [-0.4, -0.2) is 42.9 Å². The van der Waals surface area contributed by atoms with E-state index in [2.05, 4.69) is 0 Å². The molecule has 0 radical (unpaired) electrons. The average molecular weight is 215 g/mol. The minimum Gasteiger partial charge on any atom is -0.447 e. The Morgan fingerprint density at radius 3 is 2.80 bits per heavy atom. The minimum absolute atomic E-state index is 0.0592. The second-order valence-electron chi connectivity index (χ2n) is 4.11. The molecule has 1 saturated heterocycles. The van der Waals surface area contributed by atoms with Crippen LogP contribution in [0, 0.1) is 0 Å². The van der Waals surface area contributed by atoms with Crippen molar-refractivity contribution >= 4 is 6.09 Å². The first-order chi connectivity index (χ1) is 7.13. The van der Waals surface area contributed by atoms with Gasteiger partial charge in [0, 0.05) is 13.2 Å². The Labute approximate surface area is 91.5 Å². The first kappa shape index (κ1) is 12.3. The molecule has 15 heavy (non-hydrogen) atoms. The van der Waals surface area contributed by atoms with Crippen molar-refractivity contribution in [3.63, 3.8) is 0 Å². The van der Waals surface area contributed by atoms with Crippen molar-refractivity contribution in [2.75, 3.05) is 19.7 Å². The molecule has 1 unspecified atom stereocenters. The van der Waals surface area contributed by atoms with Crippen LogP contribution in [0.2, 0.25) is 0 Å². The monoisotopic (exact) mass is 215 g/mol. The molecule has 0 aromatic carbocycles. The van der Waals surface area contributed by atoms with E-state index >= 15 is 0 Å². The van der Waals surface area contributed by atoms with E-state index in [-0.39, 0.29) is 18.3 Å². The van der Waals surface area contributed by atoms with Crippen molar-refractivity contribution < 1.29 is 14.3 Å². The molecule has 0 aromatic rings. The van der Waals surface area contributed by atoms with Gasteiger partial charge in [0.25, 0.3) is 0 Å². The maximum Gasteiger partial charge on any atom is 0.410 e. The second kappa shape index (κ2) is 5.95. The summed E-state index contributed by atoms with van der Waals surface area (Å²) in [5, 5.41) is 0. The zero-order valence-electron chi connectivity index (χ0n) is 9.86. The molecule has 0 saturated carbocycles. The molecule has 1 aliphatic rings. The number of amides is 1. The fourth-order valence-electron chi connectivity index (χ4n) is 1.64. The van der Waals surface area contributed by atoms with Crippen molar-refractivity contribution in [2.24, 2.45) is 0 Å². The molecule has 1 amide bonds. The Kier molecular flexibility index (Phi) is 4.88. The summed E-state index contributed by atoms with van der Waals surface area (Å²) in [6, 6.07) is 0. The third-order valence-electron chi connectivity index (χ3n) is 2.42. The van der Waals surface area contributed by atoms with E-state index in [0.717, 1.165) is 19.4 Å². The highest BCUT2D eigenvalue weighted by molar-refractivity contribution is 5.67. The van der Waals surface area contributed by atoms with Gasteiger partial charge in [-0.15, -0.1) is 0 Å². The summed E-state index contributed by atoms with van der Waals surface area (Å²) in [4.78, 5) is 13.3. The van der Waals surface area contributed by atoms with Gasteiger partial charge in [-0.3, -0.25) is 0 Å². The van der Waals surface area contributed by atoms with Crippen molar-refractivity contribution in [3.05, 3.63) is 0 Å². The predicted molar refractivity (Wildman–Crippen MR) is 57.8 cm³/mol. The second-order valence-corrected chi connectivity index (χ2v) is 4.11. The van der Waals surface area contributed by atoms with Crippen LogP contribution >= 0.6 is 0 Å². The Morgan fingerprint density at radius 1 is 1.60 bits per heavy atom. The van der Waals surface area contributed by atoms with Gasteiger partial charge in [0.05, 0.1) is 18.8 Å². The highest BCUT2D eigenvalue weighted by Gasteiger charge is 2.22. The number of nitrogens with zero attached hydrogens (tertiary/aromatic N) is 1. The minimum atomic E-state index is -0.233. The quantitative estimate of drug-likeness (QED) is 0.720. The molecule has 0 aliphatic carbocycles. The third-order valence-corrected chi connectivity index (χ3v) is 2.42.